The highest BCUT2D eigenvalue weighted by atomic mass is 35.5. The molecule has 17 heavy (non-hydrogen) atoms. The van der Waals surface area contributed by atoms with Gasteiger partial charge in [0.1, 0.15) is 0 Å². The molecule has 2 heterocycles. The summed E-state index contributed by atoms with van der Waals surface area (Å²) in [4.78, 5) is 16.2. The van der Waals surface area contributed by atoms with Gasteiger partial charge in [-0.3, -0.25) is 0 Å². The van der Waals surface area contributed by atoms with Crippen molar-refractivity contribution < 1.29 is 9.90 Å². The molecule has 0 aromatic carbocycles. The second kappa shape index (κ2) is 4.14. The monoisotopic (exact) mass is 252 g/mol. The molecule has 0 radical (unpaired) electrons. The molecule has 0 aliphatic carbocycles. The summed E-state index contributed by atoms with van der Waals surface area (Å²) in [6, 6.07) is 3.29. The molecular weight excluding hydrogens is 244 g/mol. The summed E-state index contributed by atoms with van der Waals surface area (Å²) in [6.07, 6.45) is 0. The van der Waals surface area contributed by atoms with Gasteiger partial charge in [-0.05, 0) is 26.0 Å². The van der Waals surface area contributed by atoms with Crippen molar-refractivity contribution in [1.29, 1.82) is 0 Å². The molecule has 2 aromatic heterocycles. The summed E-state index contributed by atoms with van der Waals surface area (Å²) >= 11 is 5.85. The molecule has 1 N–H and O–H groups in total. The summed E-state index contributed by atoms with van der Waals surface area (Å²) in [7, 11) is 0. The third-order valence-electron chi connectivity index (χ3n) is 2.20. The number of halogens is 1. The maximum Gasteiger partial charge on any atom is 0.358 e. The molecule has 0 aliphatic rings. The first-order chi connectivity index (χ1) is 7.99. The van der Waals surface area contributed by atoms with Crippen LogP contribution in [0.2, 0.25) is 5.02 Å². The highest BCUT2D eigenvalue weighted by Crippen LogP contribution is 2.14. The highest BCUT2D eigenvalue weighted by Gasteiger charge is 2.15. The van der Waals surface area contributed by atoms with Gasteiger partial charge >= 0.3 is 5.97 Å². The molecule has 0 saturated carbocycles. The fourth-order valence-corrected chi connectivity index (χ4v) is 1.43. The van der Waals surface area contributed by atoms with E-state index in [1.807, 2.05) is 0 Å². The number of hydrogen-bond donors (Lipinski definition) is 1. The predicted molar refractivity (Wildman–Crippen MR) is 60.6 cm³/mol. The van der Waals surface area contributed by atoms with Crippen molar-refractivity contribution in [3.8, 4) is 5.82 Å². The Bertz CT molecular complexity index is 594. The van der Waals surface area contributed by atoms with Gasteiger partial charge in [0.25, 0.3) is 0 Å². The van der Waals surface area contributed by atoms with Crippen LogP contribution in [-0.4, -0.2) is 31.1 Å². The van der Waals surface area contributed by atoms with Crippen molar-refractivity contribution >= 4 is 17.6 Å². The number of rotatable bonds is 2. The fourth-order valence-electron chi connectivity index (χ4n) is 1.32. The minimum absolute atomic E-state index is 0.0839. The van der Waals surface area contributed by atoms with E-state index < -0.39 is 5.97 Å². The number of hydrogen-bond acceptors (Lipinski definition) is 4. The van der Waals surface area contributed by atoms with Gasteiger partial charge in [0.2, 0.25) is 0 Å². The van der Waals surface area contributed by atoms with E-state index in [0.29, 0.717) is 22.2 Å². The molecule has 2 rings (SSSR count). The molecule has 0 amide bonds. The van der Waals surface area contributed by atoms with E-state index in [0.717, 1.165) is 0 Å². The fraction of sp³-hybridized carbons (Fsp3) is 0.200. The summed E-state index contributed by atoms with van der Waals surface area (Å²) in [5.41, 5.74) is 0.891. The van der Waals surface area contributed by atoms with Gasteiger partial charge in [0.15, 0.2) is 11.5 Å². The van der Waals surface area contributed by atoms with Crippen LogP contribution in [0.1, 0.15) is 21.9 Å². The van der Waals surface area contributed by atoms with Gasteiger partial charge in [-0.2, -0.15) is 5.10 Å². The Morgan fingerprint density at radius 3 is 2.53 bits per heavy atom. The van der Waals surface area contributed by atoms with Crippen LogP contribution in [0.15, 0.2) is 12.1 Å². The minimum atomic E-state index is -1.11. The number of carbonyl (C=O) groups is 1. The van der Waals surface area contributed by atoms with Crippen molar-refractivity contribution in [2.45, 2.75) is 13.8 Å². The largest absolute Gasteiger partial charge is 0.476 e. The van der Waals surface area contributed by atoms with Crippen LogP contribution in [0.4, 0.5) is 0 Å². The number of carboxylic acid groups (broad SMARTS) is 1. The number of aryl methyl sites for hydroxylation is 2. The van der Waals surface area contributed by atoms with E-state index in [-0.39, 0.29) is 5.69 Å². The Hall–Kier alpha value is -1.95. The smallest absolute Gasteiger partial charge is 0.358 e. The molecule has 0 saturated heterocycles. The number of nitrogens with zero attached hydrogens (tertiary/aromatic N) is 4. The number of aromatic carboxylic acids is 1. The van der Waals surface area contributed by atoms with E-state index in [1.165, 1.54) is 4.80 Å². The summed E-state index contributed by atoms with van der Waals surface area (Å²) in [6.45, 7) is 3.33. The molecule has 7 heteroatoms. The van der Waals surface area contributed by atoms with Gasteiger partial charge in [-0.15, -0.1) is 9.90 Å². The molecule has 0 unspecified atom stereocenters. The van der Waals surface area contributed by atoms with Crippen LogP contribution >= 0.6 is 11.6 Å². The lowest BCUT2D eigenvalue weighted by Gasteiger charge is -2.01. The van der Waals surface area contributed by atoms with Gasteiger partial charge in [-0.25, -0.2) is 9.78 Å². The standard InChI is InChI=1S/C10H9ClN4O2/c1-5-7(11)3-4-8(12-5)15-13-6(2)9(14-15)10(16)17/h3-4H,1-2H3,(H,16,17). The van der Waals surface area contributed by atoms with E-state index in [2.05, 4.69) is 15.2 Å². The van der Waals surface area contributed by atoms with Crippen molar-refractivity contribution in [2.75, 3.05) is 0 Å². The zero-order chi connectivity index (χ0) is 12.6. The second-order valence-electron chi connectivity index (χ2n) is 3.47. The molecule has 0 spiro atoms. The zero-order valence-electron chi connectivity index (χ0n) is 9.18. The van der Waals surface area contributed by atoms with E-state index in [9.17, 15) is 4.79 Å². The van der Waals surface area contributed by atoms with Crippen LogP contribution in [-0.2, 0) is 0 Å². The normalized spacial score (nSPS) is 10.5. The first-order valence-corrected chi connectivity index (χ1v) is 5.17. The maximum atomic E-state index is 10.8. The van der Waals surface area contributed by atoms with Crippen LogP contribution in [0.3, 0.4) is 0 Å². The van der Waals surface area contributed by atoms with Crippen molar-refractivity contribution in [3.05, 3.63) is 34.2 Å². The lowest BCUT2D eigenvalue weighted by molar-refractivity contribution is 0.0689. The third-order valence-corrected chi connectivity index (χ3v) is 2.60. The molecular formula is C10H9ClN4O2. The molecule has 0 aliphatic heterocycles. The lowest BCUT2D eigenvalue weighted by Crippen LogP contribution is -2.04. The van der Waals surface area contributed by atoms with E-state index in [1.54, 1.807) is 26.0 Å². The third kappa shape index (κ3) is 2.12. The Balaban J connectivity index is 2.50. The number of aromatic nitrogens is 4. The summed E-state index contributed by atoms with van der Waals surface area (Å²) < 4.78 is 0. The highest BCUT2D eigenvalue weighted by molar-refractivity contribution is 6.31. The van der Waals surface area contributed by atoms with Crippen LogP contribution in [0, 0.1) is 13.8 Å². The van der Waals surface area contributed by atoms with E-state index >= 15 is 0 Å². The predicted octanol–water partition coefficient (Wildman–Crippen LogP) is 1.63. The molecule has 0 fully saturated rings. The SMILES string of the molecule is Cc1nc(-n2nc(C)c(C(=O)O)n2)ccc1Cl. The van der Waals surface area contributed by atoms with Crippen LogP contribution in [0.5, 0.6) is 0 Å². The lowest BCUT2D eigenvalue weighted by atomic mass is 10.4. The Morgan fingerprint density at radius 1 is 1.29 bits per heavy atom. The molecule has 2 aromatic rings. The Morgan fingerprint density at radius 2 is 2.00 bits per heavy atom. The number of pyridine rings is 1. The average molecular weight is 253 g/mol. The minimum Gasteiger partial charge on any atom is -0.476 e. The maximum absolute atomic E-state index is 10.8. The van der Waals surface area contributed by atoms with Gasteiger partial charge in [0.05, 0.1) is 16.4 Å². The summed E-state index contributed by atoms with van der Waals surface area (Å²) in [5.74, 6) is -0.679. The van der Waals surface area contributed by atoms with Crippen LogP contribution in [0.25, 0.3) is 5.82 Å². The first kappa shape index (κ1) is 11.5. The molecule has 88 valence electrons. The average Bonchev–Trinajstić information content (AvgIpc) is 2.64. The quantitative estimate of drug-likeness (QED) is 0.879. The Kier molecular flexibility index (Phi) is 2.81. The van der Waals surface area contributed by atoms with Gasteiger partial charge in [-0.1, -0.05) is 11.6 Å². The van der Waals surface area contributed by atoms with Gasteiger partial charge < -0.3 is 5.11 Å². The Labute approximate surface area is 102 Å². The van der Waals surface area contributed by atoms with Crippen molar-refractivity contribution in [2.24, 2.45) is 0 Å². The van der Waals surface area contributed by atoms with Gasteiger partial charge in [0, 0.05) is 0 Å². The summed E-state index contributed by atoms with van der Waals surface area (Å²) in [5, 5.41) is 17.2. The van der Waals surface area contributed by atoms with Crippen molar-refractivity contribution in [1.82, 2.24) is 20.0 Å². The number of carboxylic acids is 1. The van der Waals surface area contributed by atoms with Crippen molar-refractivity contribution in [3.63, 3.8) is 0 Å². The zero-order valence-corrected chi connectivity index (χ0v) is 9.93. The molecule has 6 nitrogen and oxygen atoms in total. The topological polar surface area (TPSA) is 80.9 Å². The second-order valence-corrected chi connectivity index (χ2v) is 3.87. The van der Waals surface area contributed by atoms with E-state index in [4.69, 9.17) is 16.7 Å². The molecule has 0 atom stereocenters. The first-order valence-electron chi connectivity index (χ1n) is 4.80. The molecule has 0 bridgehead atoms. The van der Waals surface area contributed by atoms with Crippen LogP contribution < -0.4 is 0 Å².